The molecule has 19 heavy (non-hydrogen) atoms. The molecule has 0 heterocycles. The van der Waals surface area contributed by atoms with Gasteiger partial charge >= 0.3 is 0 Å². The number of benzene rings is 1. The van der Waals surface area contributed by atoms with Gasteiger partial charge in [-0.1, -0.05) is 40.4 Å². The lowest BCUT2D eigenvalue weighted by Crippen LogP contribution is -2.34. The summed E-state index contributed by atoms with van der Waals surface area (Å²) in [6, 6.07) is 4.52. The van der Waals surface area contributed by atoms with Gasteiger partial charge in [-0.05, 0) is 37.0 Å². The van der Waals surface area contributed by atoms with E-state index < -0.39 is 0 Å². The van der Waals surface area contributed by atoms with Crippen molar-refractivity contribution in [1.82, 2.24) is 5.32 Å². The van der Waals surface area contributed by atoms with Gasteiger partial charge in [0.2, 0.25) is 0 Å². The number of phenolic OH excluding ortho intramolecular Hbond substituents is 1. The summed E-state index contributed by atoms with van der Waals surface area (Å²) in [6.07, 6.45) is 4.75. The number of carbonyl (C=O) groups is 1. The Morgan fingerprint density at radius 3 is 2.84 bits per heavy atom. The molecule has 1 aromatic carbocycles. The highest BCUT2D eigenvalue weighted by Crippen LogP contribution is 2.29. The summed E-state index contributed by atoms with van der Waals surface area (Å²) in [5, 5.41) is 13.0. The summed E-state index contributed by atoms with van der Waals surface area (Å²) in [5.74, 6) is 0.135. The second kappa shape index (κ2) is 6.62. The van der Waals surface area contributed by atoms with Crippen molar-refractivity contribution >= 4 is 33.4 Å². The predicted octanol–water partition coefficient (Wildman–Crippen LogP) is 3.73. The van der Waals surface area contributed by atoms with Gasteiger partial charge in [-0.3, -0.25) is 4.79 Å². The Labute approximate surface area is 126 Å². The van der Waals surface area contributed by atoms with Crippen molar-refractivity contribution in [1.29, 1.82) is 0 Å². The van der Waals surface area contributed by atoms with Crippen LogP contribution < -0.4 is 5.32 Å². The summed E-state index contributed by atoms with van der Waals surface area (Å²) in [7, 11) is 0. The molecular formula is C14H17BrClNO2. The maximum atomic E-state index is 12.0. The van der Waals surface area contributed by atoms with Crippen LogP contribution >= 0.6 is 27.5 Å². The van der Waals surface area contributed by atoms with Crippen LogP contribution in [-0.4, -0.2) is 22.4 Å². The first-order valence-electron chi connectivity index (χ1n) is 6.48. The van der Waals surface area contributed by atoms with Gasteiger partial charge in [-0.25, -0.2) is 0 Å². The topological polar surface area (TPSA) is 49.3 Å². The number of hydrogen-bond donors (Lipinski definition) is 2. The molecule has 1 aliphatic rings. The normalized spacial score (nSPS) is 23.1. The van der Waals surface area contributed by atoms with Gasteiger partial charge in [0.1, 0.15) is 5.75 Å². The van der Waals surface area contributed by atoms with Crippen molar-refractivity contribution in [2.24, 2.45) is 5.92 Å². The SMILES string of the molecule is O=C(NCC1CCCCC1Br)c1ccc(Cl)cc1O. The Kier molecular flexibility index (Phi) is 5.11. The molecule has 0 saturated heterocycles. The molecule has 2 atom stereocenters. The minimum Gasteiger partial charge on any atom is -0.507 e. The number of phenols is 1. The molecule has 0 aromatic heterocycles. The number of rotatable bonds is 3. The number of carbonyl (C=O) groups excluding carboxylic acids is 1. The average molecular weight is 347 g/mol. The van der Waals surface area contributed by atoms with Crippen LogP contribution in [0.2, 0.25) is 5.02 Å². The second-order valence-electron chi connectivity index (χ2n) is 4.93. The fourth-order valence-corrected chi connectivity index (χ4v) is 3.35. The third-order valence-electron chi connectivity index (χ3n) is 3.55. The van der Waals surface area contributed by atoms with E-state index in [1.54, 1.807) is 12.1 Å². The van der Waals surface area contributed by atoms with E-state index in [1.807, 2.05) is 0 Å². The summed E-state index contributed by atoms with van der Waals surface area (Å²) in [4.78, 5) is 12.5. The maximum absolute atomic E-state index is 12.0. The molecule has 1 saturated carbocycles. The van der Waals surface area contributed by atoms with Crippen molar-refractivity contribution in [3.05, 3.63) is 28.8 Å². The molecular weight excluding hydrogens is 330 g/mol. The first-order chi connectivity index (χ1) is 9.08. The average Bonchev–Trinajstić information content (AvgIpc) is 2.37. The molecule has 2 unspecified atom stereocenters. The Morgan fingerprint density at radius 1 is 1.42 bits per heavy atom. The van der Waals surface area contributed by atoms with E-state index in [-0.39, 0.29) is 17.2 Å². The molecule has 0 bridgehead atoms. The standard InChI is InChI=1S/C14H17BrClNO2/c15-12-4-2-1-3-9(12)8-17-14(19)11-6-5-10(16)7-13(11)18/h5-7,9,12,18H,1-4,8H2,(H,17,19). The first-order valence-corrected chi connectivity index (χ1v) is 7.78. The molecule has 0 spiro atoms. The summed E-state index contributed by atoms with van der Waals surface area (Å²) in [5.41, 5.74) is 0.270. The Balaban J connectivity index is 1.93. The monoisotopic (exact) mass is 345 g/mol. The van der Waals surface area contributed by atoms with Crippen molar-refractivity contribution < 1.29 is 9.90 Å². The van der Waals surface area contributed by atoms with Gasteiger partial charge in [-0.15, -0.1) is 0 Å². The molecule has 1 aromatic rings. The van der Waals surface area contributed by atoms with Crippen LogP contribution in [0.1, 0.15) is 36.0 Å². The van der Waals surface area contributed by atoms with E-state index in [4.69, 9.17) is 11.6 Å². The lowest BCUT2D eigenvalue weighted by atomic mass is 9.89. The van der Waals surface area contributed by atoms with Crippen molar-refractivity contribution in [2.75, 3.05) is 6.54 Å². The minimum atomic E-state index is -0.251. The lowest BCUT2D eigenvalue weighted by Gasteiger charge is -2.27. The van der Waals surface area contributed by atoms with Crippen molar-refractivity contribution in [3.63, 3.8) is 0 Å². The minimum absolute atomic E-state index is 0.0796. The van der Waals surface area contributed by atoms with Crippen molar-refractivity contribution in [3.8, 4) is 5.75 Å². The zero-order valence-electron chi connectivity index (χ0n) is 10.5. The van der Waals surface area contributed by atoms with E-state index in [2.05, 4.69) is 21.2 Å². The first kappa shape index (κ1) is 14.7. The molecule has 1 aliphatic carbocycles. The third kappa shape index (κ3) is 3.86. The molecule has 0 radical (unpaired) electrons. The van der Waals surface area contributed by atoms with E-state index in [1.165, 1.54) is 18.9 Å². The Morgan fingerprint density at radius 2 is 2.16 bits per heavy atom. The van der Waals surface area contributed by atoms with Crippen LogP contribution in [0.15, 0.2) is 18.2 Å². The molecule has 2 N–H and O–H groups in total. The van der Waals surface area contributed by atoms with Crippen LogP contribution in [0.3, 0.4) is 0 Å². The summed E-state index contributed by atoms with van der Waals surface area (Å²) < 4.78 is 0. The van der Waals surface area contributed by atoms with Crippen molar-refractivity contribution in [2.45, 2.75) is 30.5 Å². The highest BCUT2D eigenvalue weighted by molar-refractivity contribution is 9.09. The number of alkyl halides is 1. The van der Waals surface area contributed by atoms with E-state index >= 15 is 0 Å². The molecule has 0 aliphatic heterocycles. The number of nitrogens with one attached hydrogen (secondary N) is 1. The van der Waals surface area contributed by atoms with E-state index in [9.17, 15) is 9.90 Å². The molecule has 2 rings (SSSR count). The highest BCUT2D eigenvalue weighted by atomic mass is 79.9. The van der Waals surface area contributed by atoms with E-state index in [0.717, 1.165) is 12.8 Å². The van der Waals surface area contributed by atoms with Gasteiger partial charge in [0.15, 0.2) is 0 Å². The second-order valence-corrected chi connectivity index (χ2v) is 6.54. The van der Waals surface area contributed by atoms with Crippen LogP contribution in [0.5, 0.6) is 5.75 Å². The zero-order chi connectivity index (χ0) is 13.8. The van der Waals surface area contributed by atoms with Gasteiger partial charge in [0.25, 0.3) is 5.91 Å². The number of hydrogen-bond acceptors (Lipinski definition) is 2. The van der Waals surface area contributed by atoms with E-state index in [0.29, 0.717) is 22.3 Å². The Hall–Kier alpha value is -0.740. The fraction of sp³-hybridized carbons (Fsp3) is 0.500. The fourth-order valence-electron chi connectivity index (χ4n) is 2.41. The van der Waals surface area contributed by atoms with Gasteiger partial charge in [-0.2, -0.15) is 0 Å². The molecule has 5 heteroatoms. The molecule has 1 amide bonds. The Bertz CT molecular complexity index is 467. The predicted molar refractivity (Wildman–Crippen MR) is 80.1 cm³/mol. The highest BCUT2D eigenvalue weighted by Gasteiger charge is 2.23. The number of aromatic hydroxyl groups is 1. The molecule has 1 fully saturated rings. The van der Waals surface area contributed by atoms with Gasteiger partial charge in [0, 0.05) is 16.4 Å². The number of halogens is 2. The lowest BCUT2D eigenvalue weighted by molar-refractivity contribution is 0.0942. The molecule has 3 nitrogen and oxygen atoms in total. The quantitative estimate of drug-likeness (QED) is 0.819. The maximum Gasteiger partial charge on any atom is 0.255 e. The summed E-state index contributed by atoms with van der Waals surface area (Å²) in [6.45, 7) is 0.636. The van der Waals surface area contributed by atoms with Gasteiger partial charge < -0.3 is 10.4 Å². The number of amides is 1. The van der Waals surface area contributed by atoms with Gasteiger partial charge in [0.05, 0.1) is 5.56 Å². The summed E-state index contributed by atoms with van der Waals surface area (Å²) >= 11 is 9.41. The van der Waals surface area contributed by atoms with Crippen LogP contribution in [0.25, 0.3) is 0 Å². The molecule has 104 valence electrons. The van der Waals surface area contributed by atoms with Crippen LogP contribution in [0.4, 0.5) is 0 Å². The van der Waals surface area contributed by atoms with Crippen LogP contribution in [-0.2, 0) is 0 Å². The third-order valence-corrected chi connectivity index (χ3v) is 4.99. The van der Waals surface area contributed by atoms with Crippen LogP contribution in [0, 0.1) is 5.92 Å². The smallest absolute Gasteiger partial charge is 0.255 e. The zero-order valence-corrected chi connectivity index (χ0v) is 12.9. The largest absolute Gasteiger partial charge is 0.507 e.